The lowest BCUT2D eigenvalue weighted by Gasteiger charge is -1.94. The van der Waals surface area contributed by atoms with Gasteiger partial charge in [0.25, 0.3) is 0 Å². The zero-order valence-corrected chi connectivity index (χ0v) is 6.15. The highest BCUT2D eigenvalue weighted by Gasteiger charge is 1.93. The molecule has 2 rings (SSSR count). The predicted octanol–water partition coefficient (Wildman–Crippen LogP) is 1.33. The summed E-state index contributed by atoms with van der Waals surface area (Å²) in [6.45, 7) is 1.95. The zero-order chi connectivity index (χ0) is 7.68. The topological polar surface area (TPSA) is 38.7 Å². The van der Waals surface area contributed by atoms with Crippen LogP contribution in [0.25, 0.3) is 11.0 Å². The second kappa shape index (κ2) is 2.27. The summed E-state index contributed by atoms with van der Waals surface area (Å²) in [7, 11) is 0. The first-order chi connectivity index (χ1) is 5.36. The predicted molar refractivity (Wildman–Crippen MR) is 42.1 cm³/mol. The van der Waals surface area contributed by atoms with Gasteiger partial charge >= 0.3 is 0 Å². The summed E-state index contributed by atoms with van der Waals surface area (Å²) < 4.78 is 0. The van der Waals surface area contributed by atoms with Crippen LogP contribution in [-0.4, -0.2) is 15.0 Å². The molecule has 0 saturated heterocycles. The molecular formula is C8H7N3. The highest BCUT2D eigenvalue weighted by molar-refractivity contribution is 5.72. The third kappa shape index (κ3) is 1.05. The van der Waals surface area contributed by atoms with E-state index in [1.807, 2.05) is 19.1 Å². The van der Waals surface area contributed by atoms with E-state index in [-0.39, 0.29) is 0 Å². The van der Waals surface area contributed by atoms with Gasteiger partial charge in [-0.1, -0.05) is 0 Å². The maximum Gasteiger partial charge on any atom is 0.162 e. The molecule has 3 heteroatoms. The van der Waals surface area contributed by atoms with E-state index in [1.165, 1.54) is 6.33 Å². The van der Waals surface area contributed by atoms with E-state index in [0.717, 1.165) is 16.7 Å². The molecule has 0 unspecified atom stereocenters. The standard InChI is InChI=1S/C8H7N3/c1-6-2-3-7-4-9-5-10-8(7)11-6/h2-5H,1H3. The van der Waals surface area contributed by atoms with Crippen molar-refractivity contribution in [2.45, 2.75) is 6.92 Å². The van der Waals surface area contributed by atoms with Crippen molar-refractivity contribution in [2.75, 3.05) is 0 Å². The average Bonchev–Trinajstić information content (AvgIpc) is 2.04. The summed E-state index contributed by atoms with van der Waals surface area (Å²) in [6, 6.07) is 3.92. The smallest absolute Gasteiger partial charge is 0.162 e. The van der Waals surface area contributed by atoms with Gasteiger partial charge in [-0.2, -0.15) is 0 Å². The molecule has 0 spiro atoms. The van der Waals surface area contributed by atoms with Gasteiger partial charge < -0.3 is 0 Å². The van der Waals surface area contributed by atoms with Crippen LogP contribution in [0.2, 0.25) is 0 Å². The first-order valence-electron chi connectivity index (χ1n) is 3.39. The highest BCUT2D eigenvalue weighted by atomic mass is 14.9. The molecule has 0 saturated carbocycles. The molecule has 2 heterocycles. The van der Waals surface area contributed by atoms with E-state index in [1.54, 1.807) is 6.20 Å². The van der Waals surface area contributed by atoms with Gasteiger partial charge in [-0.25, -0.2) is 15.0 Å². The van der Waals surface area contributed by atoms with Gasteiger partial charge in [0, 0.05) is 17.3 Å². The monoisotopic (exact) mass is 145 g/mol. The number of hydrogen-bond acceptors (Lipinski definition) is 3. The fourth-order valence-electron chi connectivity index (χ4n) is 0.960. The fraction of sp³-hybridized carbons (Fsp3) is 0.125. The molecule has 2 aromatic heterocycles. The average molecular weight is 145 g/mol. The number of rotatable bonds is 0. The second-order valence-electron chi connectivity index (χ2n) is 2.39. The lowest BCUT2D eigenvalue weighted by atomic mass is 10.3. The van der Waals surface area contributed by atoms with Crippen LogP contribution in [0.15, 0.2) is 24.7 Å². The molecule has 0 amide bonds. The minimum Gasteiger partial charge on any atom is -0.244 e. The van der Waals surface area contributed by atoms with E-state index in [0.29, 0.717) is 0 Å². The Kier molecular flexibility index (Phi) is 1.28. The number of aromatic nitrogens is 3. The van der Waals surface area contributed by atoms with Crippen LogP contribution in [0.3, 0.4) is 0 Å². The minimum absolute atomic E-state index is 0.764. The third-order valence-electron chi connectivity index (χ3n) is 1.50. The Morgan fingerprint density at radius 2 is 2.18 bits per heavy atom. The van der Waals surface area contributed by atoms with Gasteiger partial charge in [0.1, 0.15) is 6.33 Å². The Hall–Kier alpha value is -1.51. The van der Waals surface area contributed by atoms with Crippen molar-refractivity contribution >= 4 is 11.0 Å². The molecule has 0 fully saturated rings. The van der Waals surface area contributed by atoms with Crippen molar-refractivity contribution in [1.82, 2.24) is 15.0 Å². The Labute approximate surface area is 64.1 Å². The Balaban J connectivity index is 2.83. The van der Waals surface area contributed by atoms with Crippen LogP contribution >= 0.6 is 0 Å². The number of pyridine rings is 1. The zero-order valence-electron chi connectivity index (χ0n) is 6.15. The van der Waals surface area contributed by atoms with Gasteiger partial charge in [0.15, 0.2) is 5.65 Å². The molecule has 0 aromatic carbocycles. The SMILES string of the molecule is Cc1ccc2cncnc2n1. The third-order valence-corrected chi connectivity index (χ3v) is 1.50. The number of aryl methyl sites for hydroxylation is 1. The first kappa shape index (κ1) is 6.22. The van der Waals surface area contributed by atoms with Crippen LogP contribution in [-0.2, 0) is 0 Å². The van der Waals surface area contributed by atoms with Crippen molar-refractivity contribution in [3.63, 3.8) is 0 Å². The van der Waals surface area contributed by atoms with Crippen molar-refractivity contribution in [3.05, 3.63) is 30.4 Å². The molecule has 0 radical (unpaired) electrons. The van der Waals surface area contributed by atoms with Crippen molar-refractivity contribution in [3.8, 4) is 0 Å². The van der Waals surface area contributed by atoms with Crippen molar-refractivity contribution in [1.29, 1.82) is 0 Å². The van der Waals surface area contributed by atoms with Crippen LogP contribution < -0.4 is 0 Å². The minimum atomic E-state index is 0.764. The van der Waals surface area contributed by atoms with Gasteiger partial charge in [-0.15, -0.1) is 0 Å². The van der Waals surface area contributed by atoms with E-state index >= 15 is 0 Å². The molecule has 0 aliphatic rings. The summed E-state index contributed by atoms with van der Waals surface area (Å²) in [5, 5.41) is 0.984. The van der Waals surface area contributed by atoms with Gasteiger partial charge in [-0.3, -0.25) is 0 Å². The number of fused-ring (bicyclic) bond motifs is 1. The summed E-state index contributed by atoms with van der Waals surface area (Å²) in [4.78, 5) is 12.1. The quantitative estimate of drug-likeness (QED) is 0.561. The molecule has 54 valence electrons. The van der Waals surface area contributed by atoms with Gasteiger partial charge in [0.2, 0.25) is 0 Å². The Morgan fingerprint density at radius 1 is 1.27 bits per heavy atom. The largest absolute Gasteiger partial charge is 0.244 e. The fourth-order valence-corrected chi connectivity index (χ4v) is 0.960. The van der Waals surface area contributed by atoms with Gasteiger partial charge in [-0.05, 0) is 19.1 Å². The van der Waals surface area contributed by atoms with Crippen LogP contribution in [0.1, 0.15) is 5.69 Å². The molecule has 11 heavy (non-hydrogen) atoms. The second-order valence-corrected chi connectivity index (χ2v) is 2.39. The molecule has 0 aliphatic carbocycles. The summed E-state index contributed by atoms with van der Waals surface area (Å²) in [5.74, 6) is 0. The van der Waals surface area contributed by atoms with E-state index in [2.05, 4.69) is 15.0 Å². The summed E-state index contributed by atoms with van der Waals surface area (Å²) in [6.07, 6.45) is 3.27. The maximum absolute atomic E-state index is 4.22. The molecule has 0 N–H and O–H groups in total. The molecule has 0 atom stereocenters. The van der Waals surface area contributed by atoms with Crippen LogP contribution in [0.5, 0.6) is 0 Å². The molecule has 2 aromatic rings. The molecule has 3 nitrogen and oxygen atoms in total. The van der Waals surface area contributed by atoms with Crippen molar-refractivity contribution in [2.24, 2.45) is 0 Å². The van der Waals surface area contributed by atoms with E-state index in [4.69, 9.17) is 0 Å². The molecule has 0 aliphatic heterocycles. The first-order valence-corrected chi connectivity index (χ1v) is 3.39. The Morgan fingerprint density at radius 3 is 3.09 bits per heavy atom. The van der Waals surface area contributed by atoms with Gasteiger partial charge in [0.05, 0.1) is 0 Å². The molecular weight excluding hydrogens is 138 g/mol. The Bertz CT molecular complexity index is 384. The van der Waals surface area contributed by atoms with Crippen LogP contribution in [0.4, 0.5) is 0 Å². The normalized spacial score (nSPS) is 10.3. The lowest BCUT2D eigenvalue weighted by molar-refractivity contribution is 1.15. The number of hydrogen-bond donors (Lipinski definition) is 0. The van der Waals surface area contributed by atoms with E-state index in [9.17, 15) is 0 Å². The molecule has 0 bridgehead atoms. The van der Waals surface area contributed by atoms with Crippen LogP contribution in [0, 0.1) is 6.92 Å². The maximum atomic E-state index is 4.22. The lowest BCUT2D eigenvalue weighted by Crippen LogP contribution is -1.86. The highest BCUT2D eigenvalue weighted by Crippen LogP contribution is 2.06. The summed E-state index contributed by atoms with van der Waals surface area (Å²) >= 11 is 0. The number of nitrogens with zero attached hydrogens (tertiary/aromatic N) is 3. The van der Waals surface area contributed by atoms with Crippen molar-refractivity contribution < 1.29 is 0 Å². The van der Waals surface area contributed by atoms with E-state index < -0.39 is 0 Å². The summed E-state index contributed by atoms with van der Waals surface area (Å²) in [5.41, 5.74) is 1.75.